The monoisotopic (exact) mass is 277 g/mol. The lowest BCUT2D eigenvalue weighted by Crippen LogP contribution is -2.35. The molecule has 0 radical (unpaired) electrons. The molecule has 0 bridgehead atoms. The smallest absolute Gasteiger partial charge is 0.0951 e. The molecule has 0 unspecified atom stereocenters. The van der Waals surface area contributed by atoms with Crippen LogP contribution in [-0.4, -0.2) is 16.1 Å². The van der Waals surface area contributed by atoms with Gasteiger partial charge in [0, 0.05) is 18.8 Å². The van der Waals surface area contributed by atoms with Crippen molar-refractivity contribution in [2.24, 2.45) is 10.8 Å². The lowest BCUT2D eigenvalue weighted by molar-refractivity contribution is 0.0711. The lowest BCUT2D eigenvalue weighted by atomic mass is 9.63. The van der Waals surface area contributed by atoms with Crippen LogP contribution < -0.4 is 5.32 Å². The molecule has 0 atom stereocenters. The van der Waals surface area contributed by atoms with Gasteiger partial charge in [0.2, 0.25) is 0 Å². The summed E-state index contributed by atoms with van der Waals surface area (Å²) in [6.07, 6.45) is 9.07. The first-order valence-corrected chi connectivity index (χ1v) is 8.04. The highest BCUT2D eigenvalue weighted by Crippen LogP contribution is 2.50. The zero-order valence-electron chi connectivity index (χ0n) is 13.9. The van der Waals surface area contributed by atoms with Gasteiger partial charge in [-0.1, -0.05) is 34.6 Å². The number of hydrogen-bond donors (Lipinski definition) is 1. The Morgan fingerprint density at radius 3 is 2.50 bits per heavy atom. The summed E-state index contributed by atoms with van der Waals surface area (Å²) < 4.78 is 2.42. The molecule has 1 fully saturated rings. The van der Waals surface area contributed by atoms with Crippen molar-refractivity contribution in [2.45, 2.75) is 72.9 Å². The van der Waals surface area contributed by atoms with Crippen molar-refractivity contribution in [2.75, 3.05) is 6.54 Å². The molecule has 1 heterocycles. The highest BCUT2D eigenvalue weighted by molar-refractivity contribution is 5.03. The lowest BCUT2D eigenvalue weighted by Gasteiger charge is -2.45. The Morgan fingerprint density at radius 1 is 1.25 bits per heavy atom. The summed E-state index contributed by atoms with van der Waals surface area (Å²) in [6.45, 7) is 13.9. The molecule has 1 aliphatic rings. The van der Waals surface area contributed by atoms with Gasteiger partial charge in [-0.3, -0.25) is 0 Å². The minimum Gasteiger partial charge on any atom is -0.330 e. The topological polar surface area (TPSA) is 29.9 Å². The molecule has 1 aliphatic carbocycles. The fraction of sp³-hybridized carbons (Fsp3) is 0.824. The first-order chi connectivity index (χ1) is 9.33. The van der Waals surface area contributed by atoms with Gasteiger partial charge in [-0.05, 0) is 43.1 Å². The summed E-state index contributed by atoms with van der Waals surface area (Å²) in [4.78, 5) is 4.39. The largest absolute Gasteiger partial charge is 0.330 e. The molecule has 1 saturated carbocycles. The van der Waals surface area contributed by atoms with E-state index < -0.39 is 0 Å². The van der Waals surface area contributed by atoms with Gasteiger partial charge in [-0.15, -0.1) is 0 Å². The number of rotatable bonds is 5. The maximum absolute atomic E-state index is 4.39. The van der Waals surface area contributed by atoms with Crippen molar-refractivity contribution in [3.05, 3.63) is 18.2 Å². The van der Waals surface area contributed by atoms with E-state index in [0.717, 1.165) is 13.1 Å². The van der Waals surface area contributed by atoms with E-state index in [2.05, 4.69) is 49.5 Å². The standard InChI is InChI=1S/C17H31N3/c1-6-7-18-10-15-11-19-13-20(15)14-8-16(2,3)12-17(4,5)9-14/h11,13-14,18H,6-10,12H2,1-5H3. The molecule has 0 amide bonds. The van der Waals surface area contributed by atoms with E-state index in [4.69, 9.17) is 0 Å². The second kappa shape index (κ2) is 5.88. The van der Waals surface area contributed by atoms with Crippen LogP contribution in [0.5, 0.6) is 0 Å². The van der Waals surface area contributed by atoms with Crippen LogP contribution in [0.4, 0.5) is 0 Å². The van der Waals surface area contributed by atoms with Gasteiger partial charge >= 0.3 is 0 Å². The molecule has 2 rings (SSSR count). The highest BCUT2D eigenvalue weighted by atomic mass is 15.1. The average molecular weight is 277 g/mol. The van der Waals surface area contributed by atoms with Gasteiger partial charge in [-0.2, -0.15) is 0 Å². The van der Waals surface area contributed by atoms with Crippen LogP contribution in [-0.2, 0) is 6.54 Å². The van der Waals surface area contributed by atoms with Crippen LogP contribution >= 0.6 is 0 Å². The first kappa shape index (κ1) is 15.6. The normalized spacial score (nSPS) is 22.1. The van der Waals surface area contributed by atoms with Gasteiger partial charge in [-0.25, -0.2) is 4.98 Å². The number of nitrogens with one attached hydrogen (secondary N) is 1. The highest BCUT2D eigenvalue weighted by Gasteiger charge is 2.39. The predicted octanol–water partition coefficient (Wildman–Crippen LogP) is 4.16. The second-order valence-electron chi connectivity index (χ2n) is 8.04. The van der Waals surface area contributed by atoms with Crippen LogP contribution in [0, 0.1) is 10.8 Å². The third-order valence-electron chi connectivity index (χ3n) is 4.41. The summed E-state index contributed by atoms with van der Waals surface area (Å²) in [5.74, 6) is 0. The van der Waals surface area contributed by atoms with Crippen LogP contribution in [0.1, 0.15) is 72.0 Å². The maximum Gasteiger partial charge on any atom is 0.0951 e. The van der Waals surface area contributed by atoms with Crippen LogP contribution in [0.25, 0.3) is 0 Å². The number of hydrogen-bond acceptors (Lipinski definition) is 2. The van der Waals surface area contributed by atoms with Gasteiger partial charge in [0.15, 0.2) is 0 Å². The quantitative estimate of drug-likeness (QED) is 0.819. The average Bonchev–Trinajstić information content (AvgIpc) is 2.73. The molecule has 114 valence electrons. The second-order valence-corrected chi connectivity index (χ2v) is 8.04. The fourth-order valence-corrected chi connectivity index (χ4v) is 4.18. The van der Waals surface area contributed by atoms with Crippen molar-refractivity contribution in [3.63, 3.8) is 0 Å². The molecule has 0 spiro atoms. The van der Waals surface area contributed by atoms with Gasteiger partial charge in [0.25, 0.3) is 0 Å². The molecule has 1 aromatic heterocycles. The summed E-state index contributed by atoms with van der Waals surface area (Å²) in [6, 6.07) is 0.592. The third-order valence-corrected chi connectivity index (χ3v) is 4.41. The Hall–Kier alpha value is -0.830. The molecule has 0 aliphatic heterocycles. The molecule has 0 saturated heterocycles. The Morgan fingerprint density at radius 2 is 1.90 bits per heavy atom. The van der Waals surface area contributed by atoms with E-state index in [-0.39, 0.29) is 0 Å². The molecular weight excluding hydrogens is 246 g/mol. The van der Waals surface area contributed by atoms with Crippen LogP contribution in [0.15, 0.2) is 12.5 Å². The minimum absolute atomic E-state index is 0.421. The van der Waals surface area contributed by atoms with E-state index in [1.54, 1.807) is 0 Å². The summed E-state index contributed by atoms with van der Waals surface area (Å²) in [7, 11) is 0. The van der Waals surface area contributed by atoms with Gasteiger partial charge in [0.05, 0.1) is 12.0 Å². The number of aromatic nitrogens is 2. The van der Waals surface area contributed by atoms with E-state index in [1.165, 1.54) is 31.4 Å². The van der Waals surface area contributed by atoms with Gasteiger partial charge in [0.1, 0.15) is 0 Å². The molecule has 1 aromatic rings. The summed E-state index contributed by atoms with van der Waals surface area (Å²) >= 11 is 0. The van der Waals surface area contributed by atoms with Crippen LogP contribution in [0.3, 0.4) is 0 Å². The van der Waals surface area contributed by atoms with Crippen molar-refractivity contribution < 1.29 is 0 Å². The van der Waals surface area contributed by atoms with Crippen molar-refractivity contribution in [1.29, 1.82) is 0 Å². The molecule has 20 heavy (non-hydrogen) atoms. The van der Waals surface area contributed by atoms with Gasteiger partial charge < -0.3 is 9.88 Å². The zero-order valence-corrected chi connectivity index (χ0v) is 13.9. The number of imidazole rings is 1. The molecule has 0 aromatic carbocycles. The maximum atomic E-state index is 4.39. The van der Waals surface area contributed by atoms with Crippen molar-refractivity contribution in [3.8, 4) is 0 Å². The fourth-order valence-electron chi connectivity index (χ4n) is 4.18. The Bertz CT molecular complexity index is 415. The zero-order chi connectivity index (χ0) is 14.8. The predicted molar refractivity (Wildman–Crippen MR) is 84.7 cm³/mol. The Kier molecular flexibility index (Phi) is 4.58. The van der Waals surface area contributed by atoms with E-state index >= 15 is 0 Å². The first-order valence-electron chi connectivity index (χ1n) is 8.04. The molecule has 3 nitrogen and oxygen atoms in total. The molecular formula is C17H31N3. The summed E-state index contributed by atoms with van der Waals surface area (Å²) in [5.41, 5.74) is 2.17. The van der Waals surface area contributed by atoms with Crippen molar-refractivity contribution >= 4 is 0 Å². The SMILES string of the molecule is CCCNCc1cncn1C1CC(C)(C)CC(C)(C)C1. The van der Waals surface area contributed by atoms with E-state index in [0.29, 0.717) is 16.9 Å². The van der Waals surface area contributed by atoms with E-state index in [9.17, 15) is 0 Å². The molecule has 3 heteroatoms. The summed E-state index contributed by atoms with van der Waals surface area (Å²) in [5, 5.41) is 3.50. The van der Waals surface area contributed by atoms with Crippen molar-refractivity contribution in [1.82, 2.24) is 14.9 Å². The number of nitrogens with zero attached hydrogens (tertiary/aromatic N) is 2. The minimum atomic E-state index is 0.421. The van der Waals surface area contributed by atoms with E-state index in [1.807, 2.05) is 12.5 Å². The third kappa shape index (κ3) is 3.85. The Balaban J connectivity index is 2.12. The van der Waals surface area contributed by atoms with Crippen LogP contribution in [0.2, 0.25) is 0 Å². The Labute approximate surface area is 124 Å². The molecule has 1 N–H and O–H groups in total.